The van der Waals surface area contributed by atoms with Crippen LogP contribution < -0.4 is 5.32 Å². The molecule has 10 heavy (non-hydrogen) atoms. The van der Waals surface area contributed by atoms with Crippen LogP contribution in [0.3, 0.4) is 0 Å². The van der Waals surface area contributed by atoms with Crippen LogP contribution in [0.4, 0.5) is 0 Å². The summed E-state index contributed by atoms with van der Waals surface area (Å²) in [5.41, 5.74) is 0.543. The highest BCUT2D eigenvalue weighted by molar-refractivity contribution is 4.80. The normalized spacial score (nSPS) is 13.8. The van der Waals surface area contributed by atoms with Gasteiger partial charge in [-0.05, 0) is 25.7 Å². The molecule has 61 valence electrons. The van der Waals surface area contributed by atoms with E-state index >= 15 is 0 Å². The minimum absolute atomic E-state index is 0.151. The topological polar surface area (TPSA) is 14.1 Å². The Morgan fingerprint density at radius 2 is 1.40 bits per heavy atom. The second-order valence-electron chi connectivity index (χ2n) is 4.77. The summed E-state index contributed by atoms with van der Waals surface area (Å²) >= 11 is 0. The first kappa shape index (κ1) is 9.96. The Morgan fingerprint density at radius 1 is 1.00 bits per heavy atom. The van der Waals surface area contributed by atoms with E-state index in [1.807, 2.05) is 7.05 Å². The van der Waals surface area contributed by atoms with Gasteiger partial charge in [0.25, 0.3) is 0 Å². The Balaban J connectivity index is 3.89. The average molecular weight is 142 g/mol. The SMILES string of the molecule is C[N]C(C)(C)CC(C)(C)C. The van der Waals surface area contributed by atoms with Gasteiger partial charge in [0.15, 0.2) is 0 Å². The molecule has 0 aromatic rings. The van der Waals surface area contributed by atoms with Gasteiger partial charge in [0.2, 0.25) is 0 Å². The molecule has 0 amide bonds. The van der Waals surface area contributed by atoms with Gasteiger partial charge >= 0.3 is 0 Å². The zero-order chi connectivity index (χ0) is 8.41. The van der Waals surface area contributed by atoms with E-state index in [4.69, 9.17) is 0 Å². The number of hydrogen-bond acceptors (Lipinski definition) is 0. The molecule has 0 rings (SSSR count). The standard InChI is InChI=1S/C9H20N/c1-8(2,3)7-9(4,5)10-6/h7H2,1-6H3. The van der Waals surface area contributed by atoms with Gasteiger partial charge in [0.1, 0.15) is 0 Å². The summed E-state index contributed by atoms with van der Waals surface area (Å²) in [5.74, 6) is 0. The van der Waals surface area contributed by atoms with Crippen LogP contribution in [0.15, 0.2) is 0 Å². The van der Waals surface area contributed by atoms with Crippen LogP contribution in [-0.4, -0.2) is 12.6 Å². The van der Waals surface area contributed by atoms with Crippen LogP contribution in [0.5, 0.6) is 0 Å². The lowest BCUT2D eigenvalue weighted by molar-refractivity contribution is 0.250. The minimum atomic E-state index is 0.151. The predicted octanol–water partition coefficient (Wildman–Crippen LogP) is 2.44. The molecule has 0 atom stereocenters. The van der Waals surface area contributed by atoms with E-state index in [2.05, 4.69) is 39.9 Å². The van der Waals surface area contributed by atoms with Crippen LogP contribution in [-0.2, 0) is 0 Å². The third kappa shape index (κ3) is 4.80. The van der Waals surface area contributed by atoms with Crippen LogP contribution in [0, 0.1) is 5.41 Å². The first-order valence-corrected chi connectivity index (χ1v) is 3.88. The second kappa shape index (κ2) is 2.91. The van der Waals surface area contributed by atoms with Gasteiger partial charge in [-0.1, -0.05) is 20.8 Å². The van der Waals surface area contributed by atoms with E-state index in [1.165, 1.54) is 0 Å². The van der Waals surface area contributed by atoms with Crippen molar-refractivity contribution in [2.24, 2.45) is 5.41 Å². The molecule has 0 N–H and O–H groups in total. The van der Waals surface area contributed by atoms with Crippen molar-refractivity contribution in [1.29, 1.82) is 0 Å². The van der Waals surface area contributed by atoms with Gasteiger partial charge < -0.3 is 0 Å². The molecule has 0 aromatic heterocycles. The predicted molar refractivity (Wildman–Crippen MR) is 46.2 cm³/mol. The first-order chi connectivity index (χ1) is 4.27. The summed E-state index contributed by atoms with van der Waals surface area (Å²) < 4.78 is 0. The Bertz CT molecular complexity index is 97.8. The molecule has 0 heterocycles. The van der Waals surface area contributed by atoms with Crippen molar-refractivity contribution in [3.05, 3.63) is 0 Å². The largest absolute Gasteiger partial charge is 0.239 e. The number of nitrogens with zero attached hydrogens (tertiary/aromatic N) is 1. The van der Waals surface area contributed by atoms with Gasteiger partial charge in [-0.25, -0.2) is 5.32 Å². The molecule has 0 spiro atoms. The molecule has 0 aromatic carbocycles. The van der Waals surface area contributed by atoms with Crippen molar-refractivity contribution in [3.8, 4) is 0 Å². The number of rotatable bonds is 2. The van der Waals surface area contributed by atoms with Crippen molar-refractivity contribution < 1.29 is 0 Å². The highest BCUT2D eigenvalue weighted by atomic mass is 14.9. The van der Waals surface area contributed by atoms with Gasteiger partial charge in [-0.3, -0.25) is 0 Å². The van der Waals surface area contributed by atoms with Gasteiger partial charge in [0.05, 0.1) is 0 Å². The lowest BCUT2D eigenvalue weighted by Crippen LogP contribution is -2.34. The molecule has 0 saturated heterocycles. The first-order valence-electron chi connectivity index (χ1n) is 3.88. The molecule has 0 bridgehead atoms. The van der Waals surface area contributed by atoms with Crippen LogP contribution in [0.1, 0.15) is 41.0 Å². The van der Waals surface area contributed by atoms with E-state index in [0.717, 1.165) is 6.42 Å². The zero-order valence-corrected chi connectivity index (χ0v) is 8.15. The Kier molecular flexibility index (Phi) is 2.90. The summed E-state index contributed by atoms with van der Waals surface area (Å²) in [5, 5.41) is 4.31. The van der Waals surface area contributed by atoms with Crippen LogP contribution >= 0.6 is 0 Å². The van der Waals surface area contributed by atoms with Crippen molar-refractivity contribution in [2.75, 3.05) is 7.05 Å². The summed E-state index contributed by atoms with van der Waals surface area (Å²) in [7, 11) is 1.89. The van der Waals surface area contributed by atoms with E-state index in [0.29, 0.717) is 5.41 Å². The van der Waals surface area contributed by atoms with Crippen molar-refractivity contribution in [3.63, 3.8) is 0 Å². The molecule has 1 heteroatoms. The lowest BCUT2D eigenvalue weighted by atomic mass is 9.82. The van der Waals surface area contributed by atoms with Gasteiger partial charge in [-0.15, -0.1) is 0 Å². The molecule has 0 aliphatic carbocycles. The molecular formula is C9H20N. The Morgan fingerprint density at radius 3 is 1.50 bits per heavy atom. The van der Waals surface area contributed by atoms with E-state index < -0.39 is 0 Å². The summed E-state index contributed by atoms with van der Waals surface area (Å²) in [6.45, 7) is 11.1. The fourth-order valence-corrected chi connectivity index (χ4v) is 1.38. The van der Waals surface area contributed by atoms with E-state index in [-0.39, 0.29) is 5.54 Å². The van der Waals surface area contributed by atoms with Crippen molar-refractivity contribution in [1.82, 2.24) is 5.32 Å². The maximum atomic E-state index is 4.31. The molecule has 0 fully saturated rings. The monoisotopic (exact) mass is 142 g/mol. The summed E-state index contributed by atoms with van der Waals surface area (Å²) in [4.78, 5) is 0. The minimum Gasteiger partial charge on any atom is -0.239 e. The van der Waals surface area contributed by atoms with E-state index in [9.17, 15) is 0 Å². The zero-order valence-electron chi connectivity index (χ0n) is 8.15. The molecule has 0 unspecified atom stereocenters. The lowest BCUT2D eigenvalue weighted by Gasteiger charge is -2.30. The van der Waals surface area contributed by atoms with Crippen molar-refractivity contribution >= 4 is 0 Å². The summed E-state index contributed by atoms with van der Waals surface area (Å²) in [6.07, 6.45) is 1.15. The van der Waals surface area contributed by atoms with Crippen molar-refractivity contribution in [2.45, 2.75) is 46.6 Å². The molecule has 0 saturated carbocycles. The van der Waals surface area contributed by atoms with Gasteiger partial charge in [0, 0.05) is 12.6 Å². The Hall–Kier alpha value is -0.0400. The molecular weight excluding hydrogens is 122 g/mol. The highest BCUT2D eigenvalue weighted by Gasteiger charge is 2.23. The van der Waals surface area contributed by atoms with Crippen LogP contribution in [0.2, 0.25) is 0 Å². The fraction of sp³-hybridized carbons (Fsp3) is 1.00. The average Bonchev–Trinajstić information content (AvgIpc) is 1.60. The summed E-state index contributed by atoms with van der Waals surface area (Å²) in [6, 6.07) is 0. The maximum Gasteiger partial charge on any atom is 0.0302 e. The maximum absolute atomic E-state index is 4.31. The number of hydrogen-bond donors (Lipinski definition) is 0. The quantitative estimate of drug-likeness (QED) is 0.562. The highest BCUT2D eigenvalue weighted by Crippen LogP contribution is 2.26. The fourth-order valence-electron chi connectivity index (χ4n) is 1.38. The molecule has 0 aliphatic rings. The Labute approximate surface area is 65.2 Å². The molecule has 0 aliphatic heterocycles. The van der Waals surface area contributed by atoms with Gasteiger partial charge in [-0.2, -0.15) is 0 Å². The van der Waals surface area contributed by atoms with Crippen LogP contribution in [0.25, 0.3) is 0 Å². The third-order valence-corrected chi connectivity index (χ3v) is 1.57. The van der Waals surface area contributed by atoms with E-state index in [1.54, 1.807) is 0 Å². The third-order valence-electron chi connectivity index (χ3n) is 1.57. The molecule has 1 radical (unpaired) electrons. The molecule has 1 nitrogen and oxygen atoms in total. The smallest absolute Gasteiger partial charge is 0.0302 e. The second-order valence-corrected chi connectivity index (χ2v) is 4.77.